The van der Waals surface area contributed by atoms with Crippen LogP contribution >= 0.6 is 0 Å². The van der Waals surface area contributed by atoms with Crippen LogP contribution in [0.3, 0.4) is 0 Å². The van der Waals surface area contributed by atoms with Gasteiger partial charge in [0.05, 0.1) is 5.69 Å². The maximum atomic E-state index is 13.7. The molecule has 2 N–H and O–H groups in total. The number of imide groups is 1. The van der Waals surface area contributed by atoms with Crippen molar-refractivity contribution in [2.45, 2.75) is 25.3 Å². The average Bonchev–Trinajstić information content (AvgIpc) is 2.90. The Bertz CT molecular complexity index is 920. The maximum absolute atomic E-state index is 13.7. The molecular weight excluding hydrogens is 368 g/mol. The van der Waals surface area contributed by atoms with E-state index in [0.29, 0.717) is 24.5 Å². The topological polar surface area (TPSA) is 78.5 Å². The molecule has 1 aliphatic rings. The lowest BCUT2D eigenvalue weighted by Gasteiger charge is -2.26. The second-order valence-corrected chi connectivity index (χ2v) is 6.52. The molecule has 0 spiro atoms. The quantitative estimate of drug-likeness (QED) is 0.748. The van der Waals surface area contributed by atoms with Crippen molar-refractivity contribution in [3.05, 3.63) is 65.7 Å². The molecule has 1 fully saturated rings. The number of benzene rings is 2. The first-order valence-corrected chi connectivity index (χ1v) is 8.82. The molecule has 1 heterocycles. The van der Waals surface area contributed by atoms with Gasteiger partial charge in [0.1, 0.15) is 23.7 Å². The predicted octanol–water partition coefficient (Wildman–Crippen LogP) is 3.15. The number of rotatable bonds is 6. The summed E-state index contributed by atoms with van der Waals surface area (Å²) in [7, 11) is 0. The summed E-state index contributed by atoms with van der Waals surface area (Å²) in [6.07, 6.45) is 0.994. The number of hydrogen-bond donors (Lipinski definition) is 2. The summed E-state index contributed by atoms with van der Waals surface area (Å²) >= 11 is 0. The molecule has 0 saturated carbocycles. The summed E-state index contributed by atoms with van der Waals surface area (Å²) in [6.45, 7) is 1.30. The lowest BCUT2D eigenvalue weighted by atomic mass is 9.85. The number of carbonyl (C=O) groups excluding carboxylic acids is 3. The van der Waals surface area contributed by atoms with E-state index in [1.54, 1.807) is 30.3 Å². The Kier molecular flexibility index (Phi) is 5.39. The van der Waals surface area contributed by atoms with Crippen LogP contribution in [0.5, 0.6) is 0 Å². The summed E-state index contributed by atoms with van der Waals surface area (Å²) in [5.41, 5.74) is -0.849. The van der Waals surface area contributed by atoms with Crippen LogP contribution in [0.4, 0.5) is 19.3 Å². The molecule has 3 rings (SSSR count). The lowest BCUT2D eigenvalue weighted by Crippen LogP contribution is -2.44. The first-order chi connectivity index (χ1) is 13.4. The zero-order valence-corrected chi connectivity index (χ0v) is 15.2. The molecule has 6 nitrogen and oxygen atoms in total. The van der Waals surface area contributed by atoms with Crippen LogP contribution < -0.4 is 10.6 Å². The van der Waals surface area contributed by atoms with Crippen LogP contribution in [0.2, 0.25) is 0 Å². The third-order valence-corrected chi connectivity index (χ3v) is 4.57. The number of nitrogens with zero attached hydrogens (tertiary/aromatic N) is 1. The van der Waals surface area contributed by atoms with E-state index in [0.717, 1.165) is 17.0 Å². The maximum Gasteiger partial charge on any atom is 0.325 e. The number of hydrogen-bond acceptors (Lipinski definition) is 3. The molecule has 1 saturated heterocycles. The molecule has 146 valence electrons. The fourth-order valence-corrected chi connectivity index (χ4v) is 3.30. The zero-order chi connectivity index (χ0) is 20.3. The molecule has 0 unspecified atom stereocenters. The highest BCUT2D eigenvalue weighted by Crippen LogP contribution is 2.33. The Labute approximate surface area is 160 Å². The van der Waals surface area contributed by atoms with Crippen molar-refractivity contribution in [3.63, 3.8) is 0 Å². The van der Waals surface area contributed by atoms with Crippen molar-refractivity contribution in [2.24, 2.45) is 0 Å². The van der Waals surface area contributed by atoms with Crippen LogP contribution in [0.25, 0.3) is 0 Å². The van der Waals surface area contributed by atoms with Crippen molar-refractivity contribution < 1.29 is 23.2 Å². The Morgan fingerprint density at radius 1 is 1.14 bits per heavy atom. The summed E-state index contributed by atoms with van der Waals surface area (Å²) in [6, 6.07) is 10.8. The molecule has 4 amide bonds. The van der Waals surface area contributed by atoms with Gasteiger partial charge < -0.3 is 10.6 Å². The smallest absolute Gasteiger partial charge is 0.322 e. The molecule has 2 aromatic rings. The average molecular weight is 387 g/mol. The van der Waals surface area contributed by atoms with E-state index in [1.165, 1.54) is 0 Å². The van der Waals surface area contributed by atoms with Crippen LogP contribution in [0.15, 0.2) is 48.5 Å². The number of carbonyl (C=O) groups is 3. The number of anilines is 1. The largest absolute Gasteiger partial charge is 0.325 e. The van der Waals surface area contributed by atoms with Crippen LogP contribution in [-0.2, 0) is 15.1 Å². The minimum absolute atomic E-state index is 0.235. The highest BCUT2D eigenvalue weighted by Gasteiger charge is 2.52. The van der Waals surface area contributed by atoms with Crippen molar-refractivity contribution in [2.75, 3.05) is 11.9 Å². The molecule has 0 aliphatic carbocycles. The first kappa shape index (κ1) is 19.5. The first-order valence-electron chi connectivity index (χ1n) is 8.82. The number of nitrogens with one attached hydrogen (secondary N) is 2. The molecule has 2 aromatic carbocycles. The van der Waals surface area contributed by atoms with Gasteiger partial charge in [0.2, 0.25) is 5.91 Å². The summed E-state index contributed by atoms with van der Waals surface area (Å²) in [4.78, 5) is 38.6. The van der Waals surface area contributed by atoms with Crippen LogP contribution in [-0.4, -0.2) is 29.3 Å². The summed E-state index contributed by atoms with van der Waals surface area (Å²) in [5, 5.41) is 4.96. The lowest BCUT2D eigenvalue weighted by molar-refractivity contribution is -0.134. The van der Waals surface area contributed by atoms with Gasteiger partial charge in [-0.25, -0.2) is 13.6 Å². The van der Waals surface area contributed by atoms with E-state index in [9.17, 15) is 23.2 Å². The summed E-state index contributed by atoms with van der Waals surface area (Å²) < 4.78 is 26.7. The zero-order valence-electron chi connectivity index (χ0n) is 15.2. The summed E-state index contributed by atoms with van der Waals surface area (Å²) in [5.74, 6) is -3.04. The molecule has 0 aromatic heterocycles. The van der Waals surface area contributed by atoms with Gasteiger partial charge in [0.25, 0.3) is 5.91 Å². The van der Waals surface area contributed by atoms with Crippen LogP contribution in [0, 0.1) is 11.6 Å². The van der Waals surface area contributed by atoms with Gasteiger partial charge in [0.15, 0.2) is 0 Å². The Morgan fingerprint density at radius 3 is 2.50 bits per heavy atom. The van der Waals surface area contributed by atoms with E-state index >= 15 is 0 Å². The Hall–Kier alpha value is -3.29. The molecule has 8 heteroatoms. The SMILES string of the molecule is CCC[C@]1(c2ccccc2)NC(=O)N(CC(=O)Nc2ccc(F)cc2F)C1=O. The van der Waals surface area contributed by atoms with Gasteiger partial charge >= 0.3 is 6.03 Å². The number of halogens is 2. The van der Waals surface area contributed by atoms with Gasteiger partial charge in [-0.2, -0.15) is 0 Å². The molecular formula is C20H19F2N3O3. The molecule has 28 heavy (non-hydrogen) atoms. The van der Waals surface area contributed by atoms with Gasteiger partial charge in [0, 0.05) is 6.07 Å². The molecule has 1 atom stereocenters. The van der Waals surface area contributed by atoms with Gasteiger partial charge in [-0.15, -0.1) is 0 Å². The highest BCUT2D eigenvalue weighted by atomic mass is 19.1. The highest BCUT2D eigenvalue weighted by molar-refractivity contribution is 6.10. The fourth-order valence-electron chi connectivity index (χ4n) is 3.30. The van der Waals surface area contributed by atoms with E-state index in [1.807, 2.05) is 6.92 Å². The molecule has 0 radical (unpaired) electrons. The monoisotopic (exact) mass is 387 g/mol. The third-order valence-electron chi connectivity index (χ3n) is 4.57. The number of urea groups is 1. The van der Waals surface area contributed by atoms with E-state index in [-0.39, 0.29) is 5.69 Å². The van der Waals surface area contributed by atoms with Gasteiger partial charge in [-0.05, 0) is 24.1 Å². The minimum atomic E-state index is -1.24. The Balaban J connectivity index is 1.80. The minimum Gasteiger partial charge on any atom is -0.322 e. The Morgan fingerprint density at radius 2 is 1.86 bits per heavy atom. The normalized spacial score (nSPS) is 18.9. The van der Waals surface area contributed by atoms with E-state index in [4.69, 9.17) is 0 Å². The second-order valence-electron chi connectivity index (χ2n) is 6.52. The second kappa shape index (κ2) is 7.75. The van der Waals surface area contributed by atoms with Crippen LogP contribution in [0.1, 0.15) is 25.3 Å². The van der Waals surface area contributed by atoms with Crippen molar-refractivity contribution in [3.8, 4) is 0 Å². The predicted molar refractivity (Wildman–Crippen MR) is 98.3 cm³/mol. The van der Waals surface area contributed by atoms with E-state index in [2.05, 4.69) is 10.6 Å². The fraction of sp³-hybridized carbons (Fsp3) is 0.250. The molecule has 1 aliphatic heterocycles. The third kappa shape index (κ3) is 3.58. The molecule has 0 bridgehead atoms. The van der Waals surface area contributed by atoms with Crippen molar-refractivity contribution >= 4 is 23.5 Å². The van der Waals surface area contributed by atoms with E-state index < -0.39 is 41.6 Å². The van der Waals surface area contributed by atoms with Crippen molar-refractivity contribution in [1.82, 2.24) is 10.2 Å². The number of amides is 4. The standard InChI is InChI=1S/C20H19F2N3O3/c1-2-10-20(13-6-4-3-5-7-13)18(27)25(19(28)24-20)12-17(26)23-16-9-8-14(21)11-15(16)22/h3-9,11H,2,10,12H2,1H3,(H,23,26)(H,24,28)/t20-/m1/s1. The van der Waals surface area contributed by atoms with Crippen molar-refractivity contribution in [1.29, 1.82) is 0 Å². The van der Waals surface area contributed by atoms with Gasteiger partial charge in [-0.3, -0.25) is 14.5 Å². The van der Waals surface area contributed by atoms with Gasteiger partial charge in [-0.1, -0.05) is 43.7 Å².